The molecule has 1 aromatic rings. The van der Waals surface area contributed by atoms with Crippen LogP contribution in [0.1, 0.15) is 11.1 Å². The highest BCUT2D eigenvalue weighted by molar-refractivity contribution is 5.69. The third-order valence-electron chi connectivity index (χ3n) is 2.31. The minimum atomic E-state index is -0.936. The molecule has 0 atom stereocenters. The summed E-state index contributed by atoms with van der Waals surface area (Å²) in [4.78, 5) is 22.6. The first-order chi connectivity index (χ1) is 8.15. The van der Waals surface area contributed by atoms with E-state index in [4.69, 9.17) is 5.11 Å². The van der Waals surface area contributed by atoms with Gasteiger partial charge in [0.15, 0.2) is 0 Å². The van der Waals surface area contributed by atoms with Crippen LogP contribution >= 0.6 is 0 Å². The number of aldehydes is 1. The summed E-state index contributed by atoms with van der Waals surface area (Å²) < 4.78 is 0. The van der Waals surface area contributed by atoms with Gasteiger partial charge in [0.25, 0.3) is 0 Å². The van der Waals surface area contributed by atoms with Crippen molar-refractivity contribution in [2.45, 2.75) is 6.54 Å². The van der Waals surface area contributed by atoms with E-state index in [1.165, 1.54) is 0 Å². The number of carbonyl (C=O) groups is 2. The molecule has 0 radical (unpaired) electrons. The van der Waals surface area contributed by atoms with Crippen LogP contribution in [0.3, 0.4) is 0 Å². The van der Waals surface area contributed by atoms with Crippen molar-refractivity contribution in [3.05, 3.63) is 42.0 Å². The molecule has 0 unspecified atom stereocenters. The van der Waals surface area contributed by atoms with Crippen LogP contribution in [0.15, 0.2) is 30.8 Å². The molecular formula is C13H15NO3. The molecule has 0 aliphatic rings. The number of hydrogen-bond donors (Lipinski definition) is 1. The average molecular weight is 233 g/mol. The molecule has 0 amide bonds. The Balaban J connectivity index is 2.67. The van der Waals surface area contributed by atoms with Crippen LogP contribution in [0.25, 0.3) is 6.08 Å². The smallest absolute Gasteiger partial charge is 0.317 e. The Morgan fingerprint density at radius 2 is 2.00 bits per heavy atom. The van der Waals surface area contributed by atoms with E-state index >= 15 is 0 Å². The van der Waals surface area contributed by atoms with Crippen molar-refractivity contribution < 1.29 is 14.7 Å². The molecule has 0 saturated heterocycles. The zero-order valence-electron chi connectivity index (χ0n) is 9.50. The van der Waals surface area contributed by atoms with E-state index in [0.717, 1.165) is 11.1 Å². The topological polar surface area (TPSA) is 57.6 Å². The second-order valence-electron chi connectivity index (χ2n) is 3.68. The van der Waals surface area contributed by atoms with E-state index in [0.29, 0.717) is 12.8 Å². The van der Waals surface area contributed by atoms with E-state index in [2.05, 4.69) is 6.58 Å². The normalized spacial score (nSPS) is 10.2. The Bertz CT molecular complexity index is 398. The number of carbonyl (C=O) groups excluding carboxylic acids is 1. The minimum Gasteiger partial charge on any atom is -0.480 e. The Kier molecular flexibility index (Phi) is 5.10. The maximum absolute atomic E-state index is 10.6. The lowest BCUT2D eigenvalue weighted by atomic mass is 10.1. The average Bonchev–Trinajstić information content (AvgIpc) is 2.29. The maximum Gasteiger partial charge on any atom is 0.317 e. The summed E-state index contributed by atoms with van der Waals surface area (Å²) in [7, 11) is 0. The molecule has 0 aliphatic heterocycles. The molecule has 1 aromatic carbocycles. The first kappa shape index (κ1) is 13.1. The molecule has 0 heterocycles. The quantitative estimate of drug-likeness (QED) is 0.723. The predicted octanol–water partition coefficient (Wildman–Crippen LogP) is 1.42. The van der Waals surface area contributed by atoms with Crippen molar-refractivity contribution in [1.29, 1.82) is 0 Å². The molecule has 90 valence electrons. The highest BCUT2D eigenvalue weighted by atomic mass is 16.4. The monoisotopic (exact) mass is 233 g/mol. The zero-order chi connectivity index (χ0) is 12.7. The number of carboxylic acid groups (broad SMARTS) is 1. The SMILES string of the molecule is C=Cc1ccc(CN(CC=O)CC(=O)O)cc1. The van der Waals surface area contributed by atoms with Gasteiger partial charge in [0, 0.05) is 6.54 Å². The summed E-state index contributed by atoms with van der Waals surface area (Å²) in [6.07, 6.45) is 2.45. The third kappa shape index (κ3) is 4.61. The summed E-state index contributed by atoms with van der Waals surface area (Å²) in [5, 5.41) is 8.70. The van der Waals surface area contributed by atoms with E-state index < -0.39 is 5.97 Å². The molecule has 0 saturated carbocycles. The van der Waals surface area contributed by atoms with Crippen molar-refractivity contribution >= 4 is 18.3 Å². The molecule has 0 aliphatic carbocycles. The Morgan fingerprint density at radius 3 is 2.47 bits per heavy atom. The lowest BCUT2D eigenvalue weighted by Crippen LogP contribution is -2.30. The standard InChI is InChI=1S/C13H15NO3/c1-2-11-3-5-12(6-4-11)9-14(7-8-15)10-13(16)17/h2-6,8H,1,7,9-10H2,(H,16,17). The van der Waals surface area contributed by atoms with E-state index in [1.807, 2.05) is 24.3 Å². The number of nitrogens with zero attached hydrogens (tertiary/aromatic N) is 1. The van der Waals surface area contributed by atoms with Gasteiger partial charge >= 0.3 is 5.97 Å². The summed E-state index contributed by atoms with van der Waals surface area (Å²) in [6.45, 7) is 4.09. The highest BCUT2D eigenvalue weighted by Gasteiger charge is 2.09. The number of hydrogen-bond acceptors (Lipinski definition) is 3. The predicted molar refractivity (Wildman–Crippen MR) is 65.5 cm³/mol. The van der Waals surface area contributed by atoms with Crippen molar-refractivity contribution in [3.8, 4) is 0 Å². The van der Waals surface area contributed by atoms with Gasteiger partial charge < -0.3 is 9.90 Å². The number of aliphatic carboxylic acids is 1. The molecule has 17 heavy (non-hydrogen) atoms. The Labute approximate surface area is 100 Å². The molecule has 0 spiro atoms. The van der Waals surface area contributed by atoms with E-state index in [-0.39, 0.29) is 13.1 Å². The van der Waals surface area contributed by atoms with Gasteiger partial charge in [0.05, 0.1) is 13.1 Å². The van der Waals surface area contributed by atoms with Gasteiger partial charge in [-0.15, -0.1) is 0 Å². The fraction of sp³-hybridized carbons (Fsp3) is 0.231. The van der Waals surface area contributed by atoms with Crippen molar-refractivity contribution in [3.63, 3.8) is 0 Å². The summed E-state index contributed by atoms with van der Waals surface area (Å²) >= 11 is 0. The van der Waals surface area contributed by atoms with Gasteiger partial charge in [-0.3, -0.25) is 9.69 Å². The summed E-state index contributed by atoms with van der Waals surface area (Å²) in [5.41, 5.74) is 1.98. The van der Waals surface area contributed by atoms with Crippen molar-refractivity contribution in [1.82, 2.24) is 4.90 Å². The van der Waals surface area contributed by atoms with Gasteiger partial charge in [-0.1, -0.05) is 36.9 Å². The molecule has 1 rings (SSSR count). The van der Waals surface area contributed by atoms with Gasteiger partial charge in [-0.05, 0) is 11.1 Å². The van der Waals surface area contributed by atoms with Gasteiger partial charge in [0.1, 0.15) is 6.29 Å². The van der Waals surface area contributed by atoms with E-state index in [1.54, 1.807) is 11.0 Å². The highest BCUT2D eigenvalue weighted by Crippen LogP contribution is 2.08. The molecule has 0 bridgehead atoms. The lowest BCUT2D eigenvalue weighted by Gasteiger charge is -2.17. The van der Waals surface area contributed by atoms with Crippen LogP contribution in [-0.4, -0.2) is 35.4 Å². The first-order valence-electron chi connectivity index (χ1n) is 5.25. The van der Waals surface area contributed by atoms with E-state index in [9.17, 15) is 9.59 Å². The minimum absolute atomic E-state index is 0.121. The fourth-order valence-corrected chi connectivity index (χ4v) is 1.50. The van der Waals surface area contributed by atoms with Crippen LogP contribution in [-0.2, 0) is 16.1 Å². The van der Waals surface area contributed by atoms with Gasteiger partial charge in [-0.2, -0.15) is 0 Å². The summed E-state index contributed by atoms with van der Waals surface area (Å²) in [5.74, 6) is -0.936. The number of carboxylic acids is 1. The van der Waals surface area contributed by atoms with Crippen LogP contribution in [0, 0.1) is 0 Å². The zero-order valence-corrected chi connectivity index (χ0v) is 9.50. The van der Waals surface area contributed by atoms with Crippen LogP contribution in [0.5, 0.6) is 0 Å². The molecule has 1 N–H and O–H groups in total. The fourth-order valence-electron chi connectivity index (χ4n) is 1.50. The second-order valence-corrected chi connectivity index (χ2v) is 3.68. The third-order valence-corrected chi connectivity index (χ3v) is 2.31. The number of benzene rings is 1. The molecule has 0 fully saturated rings. The molecule has 4 nitrogen and oxygen atoms in total. The maximum atomic E-state index is 10.6. The van der Waals surface area contributed by atoms with Crippen LogP contribution in [0.2, 0.25) is 0 Å². The lowest BCUT2D eigenvalue weighted by molar-refractivity contribution is -0.138. The second kappa shape index (κ2) is 6.60. The summed E-state index contributed by atoms with van der Waals surface area (Å²) in [6, 6.07) is 7.61. The first-order valence-corrected chi connectivity index (χ1v) is 5.25. The largest absolute Gasteiger partial charge is 0.480 e. The molecular weight excluding hydrogens is 218 g/mol. The van der Waals surface area contributed by atoms with Crippen molar-refractivity contribution in [2.75, 3.05) is 13.1 Å². The van der Waals surface area contributed by atoms with Crippen LogP contribution in [0.4, 0.5) is 0 Å². The van der Waals surface area contributed by atoms with Crippen LogP contribution < -0.4 is 0 Å². The molecule has 0 aromatic heterocycles. The van der Waals surface area contributed by atoms with Gasteiger partial charge in [0.2, 0.25) is 0 Å². The Hall–Kier alpha value is -1.94. The van der Waals surface area contributed by atoms with Gasteiger partial charge in [-0.25, -0.2) is 0 Å². The molecule has 4 heteroatoms. The Morgan fingerprint density at radius 1 is 1.35 bits per heavy atom. The number of rotatable bonds is 7. The van der Waals surface area contributed by atoms with Crippen molar-refractivity contribution in [2.24, 2.45) is 0 Å².